The molecular weight excluding hydrogens is 392 g/mol. The fourth-order valence-electron chi connectivity index (χ4n) is 3.02. The highest BCUT2D eigenvalue weighted by Crippen LogP contribution is 2.18. The summed E-state index contributed by atoms with van der Waals surface area (Å²) in [5.74, 6) is 1.22. The Morgan fingerprint density at radius 2 is 1.52 bits per heavy atom. The maximum absolute atomic E-state index is 12.4. The number of nitrogens with one attached hydrogen (secondary N) is 2. The zero-order valence-electron chi connectivity index (χ0n) is 17.7. The van der Waals surface area contributed by atoms with Gasteiger partial charge in [-0.05, 0) is 79.6 Å². The molecule has 0 bridgehead atoms. The second kappa shape index (κ2) is 10.8. The molecule has 2 N–H and O–H groups in total. The van der Waals surface area contributed by atoms with Crippen LogP contribution in [0.15, 0.2) is 72.8 Å². The lowest BCUT2D eigenvalue weighted by Crippen LogP contribution is -2.14. The van der Waals surface area contributed by atoms with Gasteiger partial charge in [0.25, 0.3) is 5.91 Å². The van der Waals surface area contributed by atoms with Crippen LogP contribution in [-0.4, -0.2) is 25.5 Å². The summed E-state index contributed by atoms with van der Waals surface area (Å²) in [6, 6.07) is 21.7. The number of carbonyl (C=O) groups excluding carboxylic acids is 2. The van der Waals surface area contributed by atoms with Crippen molar-refractivity contribution in [1.82, 2.24) is 0 Å². The minimum absolute atomic E-state index is 0.0885. The van der Waals surface area contributed by atoms with Crippen molar-refractivity contribution in [2.45, 2.75) is 19.8 Å². The van der Waals surface area contributed by atoms with Crippen LogP contribution in [0.3, 0.4) is 0 Å². The minimum atomic E-state index is -0.222. The van der Waals surface area contributed by atoms with Crippen LogP contribution < -0.4 is 20.1 Å². The quantitative estimate of drug-likeness (QED) is 0.517. The van der Waals surface area contributed by atoms with Crippen molar-refractivity contribution in [3.63, 3.8) is 0 Å². The van der Waals surface area contributed by atoms with Crippen molar-refractivity contribution in [2.75, 3.05) is 24.4 Å². The van der Waals surface area contributed by atoms with Gasteiger partial charge in [0.15, 0.2) is 0 Å². The third-order valence-corrected chi connectivity index (χ3v) is 4.63. The van der Waals surface area contributed by atoms with E-state index in [4.69, 9.17) is 9.47 Å². The number of ether oxygens (including phenoxy) is 2. The maximum atomic E-state index is 12.4. The number of aryl methyl sites for hydroxylation is 1. The molecule has 6 nitrogen and oxygen atoms in total. The van der Waals surface area contributed by atoms with Gasteiger partial charge in [-0.1, -0.05) is 12.1 Å². The Balaban J connectivity index is 1.50. The number of rotatable bonds is 9. The fraction of sp³-hybridized carbons (Fsp3) is 0.200. The van der Waals surface area contributed by atoms with E-state index >= 15 is 0 Å². The Kier molecular flexibility index (Phi) is 7.65. The summed E-state index contributed by atoms with van der Waals surface area (Å²) < 4.78 is 10.6. The second-order valence-corrected chi connectivity index (χ2v) is 6.89. The molecule has 3 aromatic carbocycles. The van der Waals surface area contributed by atoms with Crippen LogP contribution in [0.5, 0.6) is 11.5 Å². The first-order valence-electron chi connectivity index (χ1n) is 10.1. The molecule has 160 valence electrons. The van der Waals surface area contributed by atoms with Crippen LogP contribution in [-0.2, 0) is 11.2 Å². The summed E-state index contributed by atoms with van der Waals surface area (Å²) in [6.45, 7) is 2.51. The number of amides is 2. The smallest absolute Gasteiger partial charge is 0.255 e. The zero-order chi connectivity index (χ0) is 22.1. The number of anilines is 2. The molecule has 0 radical (unpaired) electrons. The van der Waals surface area contributed by atoms with E-state index in [-0.39, 0.29) is 11.8 Å². The minimum Gasteiger partial charge on any atom is -0.497 e. The molecule has 3 aromatic rings. The lowest BCUT2D eigenvalue weighted by molar-refractivity contribution is -0.116. The molecule has 2 amide bonds. The average Bonchev–Trinajstić information content (AvgIpc) is 2.80. The SMILES string of the molecule is CCOc1ccc(NC(=O)c2ccc(NC(=O)CCc3cccc(OC)c3)cc2)cc1. The molecule has 31 heavy (non-hydrogen) atoms. The fourth-order valence-corrected chi connectivity index (χ4v) is 3.02. The highest BCUT2D eigenvalue weighted by molar-refractivity contribution is 6.04. The number of hydrogen-bond acceptors (Lipinski definition) is 4. The van der Waals surface area contributed by atoms with Crippen molar-refractivity contribution >= 4 is 23.2 Å². The van der Waals surface area contributed by atoms with Gasteiger partial charge in [0.05, 0.1) is 13.7 Å². The predicted octanol–water partition coefficient (Wildman–Crippen LogP) is 4.92. The Morgan fingerprint density at radius 1 is 0.839 bits per heavy atom. The first-order valence-corrected chi connectivity index (χ1v) is 10.1. The van der Waals surface area contributed by atoms with E-state index in [2.05, 4.69) is 10.6 Å². The summed E-state index contributed by atoms with van der Waals surface area (Å²) in [7, 11) is 1.62. The number of carbonyl (C=O) groups is 2. The molecular formula is C25H26N2O4. The van der Waals surface area contributed by atoms with Crippen LogP contribution in [0.25, 0.3) is 0 Å². The van der Waals surface area contributed by atoms with E-state index in [9.17, 15) is 9.59 Å². The van der Waals surface area contributed by atoms with E-state index in [1.165, 1.54) is 0 Å². The monoisotopic (exact) mass is 418 g/mol. The molecule has 0 aromatic heterocycles. The van der Waals surface area contributed by atoms with Gasteiger partial charge in [0, 0.05) is 23.4 Å². The molecule has 0 unspecified atom stereocenters. The first kappa shape index (κ1) is 21.9. The van der Waals surface area contributed by atoms with Gasteiger partial charge >= 0.3 is 0 Å². The van der Waals surface area contributed by atoms with E-state index < -0.39 is 0 Å². The summed E-state index contributed by atoms with van der Waals surface area (Å²) in [5.41, 5.74) is 2.87. The molecule has 0 spiro atoms. The lowest BCUT2D eigenvalue weighted by atomic mass is 10.1. The van der Waals surface area contributed by atoms with Crippen LogP contribution >= 0.6 is 0 Å². The largest absolute Gasteiger partial charge is 0.497 e. The molecule has 0 aliphatic rings. The topological polar surface area (TPSA) is 76.7 Å². The summed E-state index contributed by atoms with van der Waals surface area (Å²) >= 11 is 0. The van der Waals surface area contributed by atoms with Gasteiger partial charge in [-0.25, -0.2) is 0 Å². The normalized spacial score (nSPS) is 10.3. The van der Waals surface area contributed by atoms with Gasteiger partial charge in [-0.15, -0.1) is 0 Å². The second-order valence-electron chi connectivity index (χ2n) is 6.89. The number of methoxy groups -OCH3 is 1. The van der Waals surface area contributed by atoms with Crippen molar-refractivity contribution in [2.24, 2.45) is 0 Å². The predicted molar refractivity (Wildman–Crippen MR) is 122 cm³/mol. The van der Waals surface area contributed by atoms with E-state index in [1.54, 1.807) is 43.5 Å². The number of benzene rings is 3. The van der Waals surface area contributed by atoms with E-state index in [1.807, 2.05) is 43.3 Å². The third kappa shape index (κ3) is 6.60. The van der Waals surface area contributed by atoms with Crippen molar-refractivity contribution in [3.8, 4) is 11.5 Å². The first-order chi connectivity index (χ1) is 15.1. The highest BCUT2D eigenvalue weighted by Gasteiger charge is 2.08. The standard InChI is InChI=1S/C25H26N2O4/c1-3-31-22-14-12-21(13-15-22)27-25(29)19-8-10-20(11-9-19)26-24(28)16-7-18-5-4-6-23(17-18)30-2/h4-6,8-15,17H,3,7,16H2,1-2H3,(H,26,28)(H,27,29). The van der Waals surface area contributed by atoms with Crippen molar-refractivity contribution in [3.05, 3.63) is 83.9 Å². The molecule has 0 saturated heterocycles. The molecule has 0 fully saturated rings. The van der Waals surface area contributed by atoms with E-state index in [0.29, 0.717) is 36.4 Å². The molecule has 0 atom stereocenters. The Morgan fingerprint density at radius 3 is 2.19 bits per heavy atom. The zero-order valence-corrected chi connectivity index (χ0v) is 17.7. The van der Waals surface area contributed by atoms with Crippen molar-refractivity contribution < 1.29 is 19.1 Å². The van der Waals surface area contributed by atoms with Crippen LogP contribution in [0.1, 0.15) is 29.3 Å². The van der Waals surface area contributed by atoms with Crippen molar-refractivity contribution in [1.29, 1.82) is 0 Å². The highest BCUT2D eigenvalue weighted by atomic mass is 16.5. The Bertz CT molecular complexity index is 1010. The molecule has 3 rings (SSSR count). The molecule has 0 aliphatic heterocycles. The molecule has 6 heteroatoms. The van der Waals surface area contributed by atoms with Gasteiger partial charge < -0.3 is 20.1 Å². The Hall–Kier alpha value is -3.80. The average molecular weight is 418 g/mol. The number of hydrogen-bond donors (Lipinski definition) is 2. The molecule has 0 heterocycles. The van der Waals surface area contributed by atoms with Gasteiger partial charge in [-0.3, -0.25) is 9.59 Å². The van der Waals surface area contributed by atoms with Gasteiger partial charge in [0.1, 0.15) is 11.5 Å². The summed E-state index contributed by atoms with van der Waals surface area (Å²) in [6.07, 6.45) is 0.971. The lowest BCUT2D eigenvalue weighted by Gasteiger charge is -2.09. The third-order valence-electron chi connectivity index (χ3n) is 4.63. The Labute approximate surface area is 182 Å². The van der Waals surface area contributed by atoms with Crippen LogP contribution in [0.4, 0.5) is 11.4 Å². The van der Waals surface area contributed by atoms with Crippen LogP contribution in [0.2, 0.25) is 0 Å². The van der Waals surface area contributed by atoms with Crippen LogP contribution in [0, 0.1) is 0 Å². The van der Waals surface area contributed by atoms with E-state index in [0.717, 1.165) is 17.1 Å². The summed E-state index contributed by atoms with van der Waals surface area (Å²) in [5, 5.41) is 5.70. The molecule has 0 aliphatic carbocycles. The van der Waals surface area contributed by atoms with Gasteiger partial charge in [-0.2, -0.15) is 0 Å². The maximum Gasteiger partial charge on any atom is 0.255 e. The molecule has 0 saturated carbocycles. The summed E-state index contributed by atoms with van der Waals surface area (Å²) in [4.78, 5) is 24.7. The van der Waals surface area contributed by atoms with Gasteiger partial charge in [0.2, 0.25) is 5.91 Å².